The molecule has 0 atom stereocenters. The van der Waals surface area contributed by atoms with Gasteiger partial charge in [-0.3, -0.25) is 0 Å². The lowest BCUT2D eigenvalue weighted by Gasteiger charge is -2.29. The van der Waals surface area contributed by atoms with E-state index in [1.165, 1.54) is 5.56 Å². The van der Waals surface area contributed by atoms with Crippen LogP contribution in [0.3, 0.4) is 0 Å². The van der Waals surface area contributed by atoms with Crippen LogP contribution < -0.4 is 24.0 Å². The number of likely N-dealkylation sites (N-methyl/N-ethyl adjacent to an activating group) is 2. The van der Waals surface area contributed by atoms with Crippen molar-refractivity contribution >= 4 is 11.4 Å². The van der Waals surface area contributed by atoms with Crippen LogP contribution in [-0.2, 0) is 0 Å². The van der Waals surface area contributed by atoms with E-state index in [2.05, 4.69) is 50.6 Å². The number of nitrogens with zero attached hydrogens (tertiary/aromatic N) is 2. The van der Waals surface area contributed by atoms with Gasteiger partial charge in [0.05, 0.1) is 31.6 Å². The Morgan fingerprint density at radius 2 is 1.29 bits per heavy atom. The van der Waals surface area contributed by atoms with Gasteiger partial charge in [-0.15, -0.1) is 0 Å². The first kappa shape index (κ1) is 22.9. The SMILES string of the molecule is CC(C)c1cc2c(cc1O)OCCN2C.COc1cc2c(cc1C(C)C)N(C)CCO2. The van der Waals surface area contributed by atoms with Crippen LogP contribution >= 0.6 is 0 Å². The van der Waals surface area contributed by atoms with E-state index in [1.54, 1.807) is 13.2 Å². The summed E-state index contributed by atoms with van der Waals surface area (Å²) in [7, 11) is 5.85. The predicted octanol–water partition coefficient (Wildman–Crippen LogP) is 4.99. The molecule has 0 radical (unpaired) electrons. The highest BCUT2D eigenvalue weighted by atomic mass is 16.5. The average molecular weight is 429 g/mol. The number of aromatic hydroxyl groups is 1. The predicted molar refractivity (Wildman–Crippen MR) is 127 cm³/mol. The first-order valence-corrected chi connectivity index (χ1v) is 11.0. The number of ether oxygens (including phenoxy) is 3. The van der Waals surface area contributed by atoms with Gasteiger partial charge in [-0.2, -0.15) is 0 Å². The Kier molecular flexibility index (Phi) is 7.08. The molecule has 2 aromatic rings. The van der Waals surface area contributed by atoms with Gasteiger partial charge in [0.25, 0.3) is 0 Å². The molecular weight excluding hydrogens is 392 g/mol. The van der Waals surface area contributed by atoms with Crippen LogP contribution in [0.1, 0.15) is 50.7 Å². The number of fused-ring (bicyclic) bond motifs is 2. The fraction of sp³-hybridized carbons (Fsp3) is 0.520. The number of rotatable bonds is 3. The van der Waals surface area contributed by atoms with Crippen molar-refractivity contribution in [3.05, 3.63) is 35.4 Å². The third kappa shape index (κ3) is 4.94. The van der Waals surface area contributed by atoms with Crippen LogP contribution in [0.2, 0.25) is 0 Å². The third-order valence-electron chi connectivity index (χ3n) is 5.85. The summed E-state index contributed by atoms with van der Waals surface area (Å²) in [6.45, 7) is 11.8. The summed E-state index contributed by atoms with van der Waals surface area (Å²) < 4.78 is 16.6. The first-order valence-electron chi connectivity index (χ1n) is 11.0. The van der Waals surface area contributed by atoms with Crippen molar-refractivity contribution < 1.29 is 19.3 Å². The van der Waals surface area contributed by atoms with Gasteiger partial charge in [0.15, 0.2) is 0 Å². The van der Waals surface area contributed by atoms with Crippen LogP contribution in [0.5, 0.6) is 23.0 Å². The first-order chi connectivity index (χ1) is 14.7. The number of benzene rings is 2. The Hall–Kier alpha value is -2.76. The standard InChI is InChI=1S/C13H19NO2.C12H17NO2/c1-9(2)10-7-11-13(8-12(10)15-4)16-6-5-14(11)3;1-8(2)9-6-10-12(7-11(9)14)15-5-4-13(10)3/h7-9H,5-6H2,1-4H3;6-8,14H,4-5H2,1-3H3. The molecule has 0 aliphatic carbocycles. The smallest absolute Gasteiger partial charge is 0.146 e. The maximum absolute atomic E-state index is 9.82. The van der Waals surface area contributed by atoms with E-state index in [-0.39, 0.29) is 0 Å². The van der Waals surface area contributed by atoms with Gasteiger partial charge in [-0.25, -0.2) is 0 Å². The summed E-state index contributed by atoms with van der Waals surface area (Å²) in [6.07, 6.45) is 0. The normalized spacial score (nSPS) is 14.9. The van der Waals surface area contributed by atoms with Crippen molar-refractivity contribution in [2.45, 2.75) is 39.5 Å². The summed E-state index contributed by atoms with van der Waals surface area (Å²) >= 11 is 0. The number of hydrogen-bond donors (Lipinski definition) is 1. The zero-order chi connectivity index (χ0) is 22.7. The summed E-state index contributed by atoms with van der Waals surface area (Å²) in [5, 5.41) is 9.82. The molecule has 0 aromatic heterocycles. The number of phenolic OH excluding ortho intramolecular Hbond substituents is 1. The zero-order valence-electron chi connectivity index (χ0n) is 19.9. The molecule has 2 heterocycles. The monoisotopic (exact) mass is 428 g/mol. The lowest BCUT2D eigenvalue weighted by Crippen LogP contribution is -2.29. The van der Waals surface area contributed by atoms with Gasteiger partial charge in [-0.05, 0) is 35.1 Å². The molecule has 0 spiro atoms. The van der Waals surface area contributed by atoms with Crippen molar-refractivity contribution in [1.82, 2.24) is 0 Å². The Balaban J connectivity index is 0.000000176. The van der Waals surface area contributed by atoms with E-state index in [4.69, 9.17) is 14.2 Å². The number of hydrogen-bond acceptors (Lipinski definition) is 6. The van der Waals surface area contributed by atoms with Crippen molar-refractivity contribution in [3.63, 3.8) is 0 Å². The second kappa shape index (κ2) is 9.58. The zero-order valence-corrected chi connectivity index (χ0v) is 19.9. The molecule has 0 amide bonds. The molecule has 2 aliphatic heterocycles. The minimum Gasteiger partial charge on any atom is -0.508 e. The van der Waals surface area contributed by atoms with E-state index >= 15 is 0 Å². The molecule has 0 saturated carbocycles. The van der Waals surface area contributed by atoms with Gasteiger partial charge in [-0.1, -0.05) is 27.7 Å². The molecule has 0 saturated heterocycles. The van der Waals surface area contributed by atoms with E-state index in [0.717, 1.165) is 53.9 Å². The molecule has 6 nitrogen and oxygen atoms in total. The average Bonchev–Trinajstić information content (AvgIpc) is 2.73. The summed E-state index contributed by atoms with van der Waals surface area (Å²) in [5.41, 5.74) is 4.45. The second-order valence-corrected chi connectivity index (χ2v) is 8.79. The Labute approximate surface area is 186 Å². The Morgan fingerprint density at radius 3 is 1.77 bits per heavy atom. The van der Waals surface area contributed by atoms with E-state index in [1.807, 2.05) is 19.2 Å². The van der Waals surface area contributed by atoms with Crippen LogP contribution in [0.25, 0.3) is 0 Å². The molecule has 2 aromatic carbocycles. The molecule has 6 heteroatoms. The fourth-order valence-corrected chi connectivity index (χ4v) is 3.88. The van der Waals surface area contributed by atoms with Gasteiger partial charge < -0.3 is 29.1 Å². The Bertz CT molecular complexity index is 900. The van der Waals surface area contributed by atoms with Crippen LogP contribution in [0.15, 0.2) is 24.3 Å². The molecule has 31 heavy (non-hydrogen) atoms. The van der Waals surface area contributed by atoms with Gasteiger partial charge in [0.1, 0.15) is 36.2 Å². The van der Waals surface area contributed by atoms with E-state index < -0.39 is 0 Å². The van der Waals surface area contributed by atoms with Crippen LogP contribution in [0, 0.1) is 0 Å². The summed E-state index contributed by atoms with van der Waals surface area (Å²) in [5.74, 6) is 3.74. The molecule has 2 aliphatic rings. The minimum absolute atomic E-state index is 0.325. The van der Waals surface area contributed by atoms with Gasteiger partial charge >= 0.3 is 0 Å². The number of phenols is 1. The topological polar surface area (TPSA) is 54.4 Å². The van der Waals surface area contributed by atoms with Crippen molar-refractivity contribution in [3.8, 4) is 23.0 Å². The lowest BCUT2D eigenvalue weighted by molar-refractivity contribution is 0.308. The molecule has 170 valence electrons. The second-order valence-electron chi connectivity index (χ2n) is 8.79. The quantitative estimate of drug-likeness (QED) is 0.743. The number of anilines is 2. The van der Waals surface area contributed by atoms with Crippen LogP contribution in [-0.4, -0.2) is 52.6 Å². The van der Waals surface area contributed by atoms with Crippen molar-refractivity contribution in [2.24, 2.45) is 0 Å². The summed E-state index contributed by atoms with van der Waals surface area (Å²) in [6, 6.07) is 7.92. The third-order valence-corrected chi connectivity index (χ3v) is 5.85. The van der Waals surface area contributed by atoms with Crippen LogP contribution in [0.4, 0.5) is 11.4 Å². The van der Waals surface area contributed by atoms with E-state index in [0.29, 0.717) is 24.2 Å². The minimum atomic E-state index is 0.325. The van der Waals surface area contributed by atoms with Crippen molar-refractivity contribution in [2.75, 3.05) is 57.3 Å². The molecule has 0 unspecified atom stereocenters. The molecule has 1 N–H and O–H groups in total. The van der Waals surface area contributed by atoms with Crippen molar-refractivity contribution in [1.29, 1.82) is 0 Å². The lowest BCUT2D eigenvalue weighted by atomic mass is 10.0. The number of methoxy groups -OCH3 is 1. The Morgan fingerprint density at radius 1 is 0.806 bits per heavy atom. The van der Waals surface area contributed by atoms with Gasteiger partial charge in [0, 0.05) is 26.2 Å². The maximum atomic E-state index is 9.82. The highest BCUT2D eigenvalue weighted by molar-refractivity contribution is 5.65. The molecule has 0 bridgehead atoms. The molecule has 0 fully saturated rings. The fourth-order valence-electron chi connectivity index (χ4n) is 3.88. The maximum Gasteiger partial charge on any atom is 0.146 e. The highest BCUT2D eigenvalue weighted by Gasteiger charge is 2.20. The molecular formula is C25H36N2O4. The summed E-state index contributed by atoms with van der Waals surface area (Å²) in [4.78, 5) is 4.38. The largest absolute Gasteiger partial charge is 0.508 e. The van der Waals surface area contributed by atoms with Gasteiger partial charge in [0.2, 0.25) is 0 Å². The highest BCUT2D eigenvalue weighted by Crippen LogP contribution is 2.40. The molecule has 4 rings (SSSR count). The van der Waals surface area contributed by atoms with E-state index in [9.17, 15) is 5.11 Å².